The van der Waals surface area contributed by atoms with Gasteiger partial charge in [-0.25, -0.2) is 14.4 Å². The zero-order valence-electron chi connectivity index (χ0n) is 22.6. The van der Waals surface area contributed by atoms with Gasteiger partial charge in [0.15, 0.2) is 11.6 Å². The number of pyridine rings is 1. The molecule has 9 heteroatoms. The van der Waals surface area contributed by atoms with Gasteiger partial charge in [-0.05, 0) is 60.7 Å². The van der Waals surface area contributed by atoms with Crippen LogP contribution in [-0.2, 0) is 6.42 Å². The predicted octanol–water partition coefficient (Wildman–Crippen LogP) is 5.87. The van der Waals surface area contributed by atoms with Crippen LogP contribution in [0.5, 0.6) is 5.75 Å². The summed E-state index contributed by atoms with van der Waals surface area (Å²) < 4.78 is 21.6. The smallest absolute Gasteiger partial charge is 0.251 e. The molecule has 1 unspecified atom stereocenters. The number of rotatable bonds is 9. The molecule has 1 amide bonds. The van der Waals surface area contributed by atoms with E-state index in [9.17, 15) is 4.79 Å². The number of aromatic nitrogens is 3. The molecule has 0 saturated heterocycles. The molecule has 3 aromatic carbocycles. The molecule has 0 aliphatic rings. The summed E-state index contributed by atoms with van der Waals surface area (Å²) in [6.45, 7) is 4.17. The summed E-state index contributed by atoms with van der Waals surface area (Å²) in [5.74, 6) is 0.432. The number of benzene rings is 3. The van der Waals surface area contributed by atoms with E-state index in [4.69, 9.17) is 10.5 Å². The maximum Gasteiger partial charge on any atom is 0.251 e. The number of fused-ring (bicyclic) bond motifs is 1. The minimum atomic E-state index is -0.705. The van der Waals surface area contributed by atoms with E-state index in [2.05, 4.69) is 25.6 Å². The Balaban J connectivity index is 1.64. The van der Waals surface area contributed by atoms with Gasteiger partial charge in [0.1, 0.15) is 17.7 Å². The normalized spacial score (nSPS) is 11.8. The molecule has 0 spiro atoms. The third-order valence-corrected chi connectivity index (χ3v) is 6.81. The van der Waals surface area contributed by atoms with Gasteiger partial charge >= 0.3 is 0 Å². The number of nitrogens with zero attached hydrogens (tertiary/aromatic N) is 2. The molecule has 0 bridgehead atoms. The first kappa shape index (κ1) is 26.7. The van der Waals surface area contributed by atoms with Crippen molar-refractivity contribution >= 4 is 28.2 Å². The van der Waals surface area contributed by atoms with Crippen molar-refractivity contribution in [2.75, 3.05) is 24.7 Å². The van der Waals surface area contributed by atoms with Crippen molar-refractivity contribution in [2.24, 2.45) is 0 Å². The molecule has 1 atom stereocenters. The molecule has 5 aromatic rings. The van der Waals surface area contributed by atoms with Gasteiger partial charge in [-0.3, -0.25) is 4.79 Å². The van der Waals surface area contributed by atoms with Crippen molar-refractivity contribution in [3.8, 4) is 17.0 Å². The van der Waals surface area contributed by atoms with Crippen molar-refractivity contribution in [3.05, 3.63) is 101 Å². The highest BCUT2D eigenvalue weighted by Gasteiger charge is 2.25. The Morgan fingerprint density at radius 1 is 1.10 bits per heavy atom. The molecule has 5 rings (SSSR count). The van der Waals surface area contributed by atoms with Crippen LogP contribution in [0, 0.1) is 5.82 Å². The van der Waals surface area contributed by atoms with Crippen molar-refractivity contribution in [1.82, 2.24) is 20.3 Å². The van der Waals surface area contributed by atoms with Gasteiger partial charge in [-0.15, -0.1) is 0 Å². The maximum absolute atomic E-state index is 16.0. The monoisotopic (exact) mass is 538 g/mol. The van der Waals surface area contributed by atoms with E-state index < -0.39 is 11.9 Å². The van der Waals surface area contributed by atoms with Crippen LogP contribution in [0.25, 0.3) is 22.0 Å². The number of carbonyl (C=O) groups is 1. The van der Waals surface area contributed by atoms with Gasteiger partial charge in [0.2, 0.25) is 0 Å². The van der Waals surface area contributed by atoms with E-state index in [1.807, 2.05) is 56.3 Å². The molecule has 0 aliphatic carbocycles. The third-order valence-electron chi connectivity index (χ3n) is 6.81. The van der Waals surface area contributed by atoms with Crippen LogP contribution in [0.3, 0.4) is 0 Å². The van der Waals surface area contributed by atoms with Gasteiger partial charge in [-0.1, -0.05) is 31.2 Å². The molecule has 0 aliphatic heterocycles. The lowest BCUT2D eigenvalue weighted by molar-refractivity contribution is 0.0963. The molecule has 40 heavy (non-hydrogen) atoms. The summed E-state index contributed by atoms with van der Waals surface area (Å²) in [6.07, 6.45) is 4.01. The molecule has 0 fully saturated rings. The van der Waals surface area contributed by atoms with E-state index in [1.54, 1.807) is 37.6 Å². The number of halogens is 1. The van der Waals surface area contributed by atoms with Gasteiger partial charge in [-0.2, -0.15) is 0 Å². The van der Waals surface area contributed by atoms with Crippen molar-refractivity contribution in [1.29, 1.82) is 0 Å². The Hall–Kier alpha value is -4.92. The maximum atomic E-state index is 16.0. The Labute approximate surface area is 231 Å². The van der Waals surface area contributed by atoms with Gasteiger partial charge in [0, 0.05) is 41.0 Å². The van der Waals surface area contributed by atoms with Crippen LogP contribution in [-0.4, -0.2) is 34.5 Å². The summed E-state index contributed by atoms with van der Waals surface area (Å²) in [5, 5.41) is 7.87. The lowest BCUT2D eigenvalue weighted by Crippen LogP contribution is -2.18. The Morgan fingerprint density at radius 3 is 2.70 bits per heavy atom. The molecule has 0 saturated carbocycles. The summed E-state index contributed by atoms with van der Waals surface area (Å²) in [7, 11) is 1.59. The number of nitrogens with one attached hydrogen (secondary N) is 3. The van der Waals surface area contributed by atoms with E-state index in [0.29, 0.717) is 47.1 Å². The number of carbonyl (C=O) groups excluding carboxylic acids is 1. The number of aryl methyl sites for hydroxylation is 1. The molecule has 5 N–H and O–H groups in total. The standard InChI is InChI=1S/C31H31FN6O2/c1-4-18-14-24(27(32)26(15-18)40-5-2)28(37-20-10-11-21-19(16-20)12-13-35-29(21)33)30-36-17-25(38-30)22-8-6-7-9-23(22)31(39)34-3/h6-17,28,37H,4-5H2,1-3H3,(H2,33,35)(H,34,39)(H,36,38). The van der Waals surface area contributed by atoms with E-state index >= 15 is 4.39 Å². The first-order chi connectivity index (χ1) is 19.4. The van der Waals surface area contributed by atoms with Crippen LogP contribution >= 0.6 is 0 Å². The largest absolute Gasteiger partial charge is 0.491 e. The fourth-order valence-electron chi connectivity index (χ4n) is 4.78. The lowest BCUT2D eigenvalue weighted by Gasteiger charge is -2.22. The number of anilines is 2. The number of ether oxygens (including phenoxy) is 1. The highest BCUT2D eigenvalue weighted by Crippen LogP contribution is 2.35. The van der Waals surface area contributed by atoms with E-state index in [-0.39, 0.29) is 11.7 Å². The predicted molar refractivity (Wildman–Crippen MR) is 156 cm³/mol. The summed E-state index contributed by atoms with van der Waals surface area (Å²) >= 11 is 0. The van der Waals surface area contributed by atoms with Crippen LogP contribution in [0.2, 0.25) is 0 Å². The molecule has 2 aromatic heterocycles. The number of H-pyrrole nitrogens is 1. The Morgan fingerprint density at radius 2 is 1.93 bits per heavy atom. The molecular formula is C31H31FN6O2. The molecule has 2 heterocycles. The minimum Gasteiger partial charge on any atom is -0.491 e. The summed E-state index contributed by atoms with van der Waals surface area (Å²) in [4.78, 5) is 24.7. The lowest BCUT2D eigenvalue weighted by atomic mass is 9.99. The average molecular weight is 539 g/mol. The number of amides is 1. The summed E-state index contributed by atoms with van der Waals surface area (Å²) in [5.41, 5.74) is 9.93. The molecular weight excluding hydrogens is 507 g/mol. The fourth-order valence-corrected chi connectivity index (χ4v) is 4.78. The van der Waals surface area contributed by atoms with E-state index in [0.717, 1.165) is 22.0 Å². The van der Waals surface area contributed by atoms with Crippen molar-refractivity contribution in [3.63, 3.8) is 0 Å². The van der Waals surface area contributed by atoms with Crippen LogP contribution < -0.4 is 21.1 Å². The highest BCUT2D eigenvalue weighted by atomic mass is 19.1. The Bertz CT molecular complexity index is 1680. The number of nitrogens with two attached hydrogens (primary N) is 1. The highest BCUT2D eigenvalue weighted by molar-refractivity contribution is 6.00. The average Bonchev–Trinajstić information content (AvgIpc) is 3.47. The topological polar surface area (TPSA) is 118 Å². The first-order valence-electron chi connectivity index (χ1n) is 13.2. The first-order valence-corrected chi connectivity index (χ1v) is 13.2. The van der Waals surface area contributed by atoms with Gasteiger partial charge < -0.3 is 26.1 Å². The fraction of sp³-hybridized carbons (Fsp3) is 0.194. The quantitative estimate of drug-likeness (QED) is 0.186. The van der Waals surface area contributed by atoms with Crippen LogP contribution in [0.15, 0.2) is 73.1 Å². The number of nitrogen functional groups attached to an aromatic ring is 1. The van der Waals surface area contributed by atoms with Gasteiger partial charge in [0.05, 0.1) is 18.5 Å². The minimum absolute atomic E-state index is 0.192. The number of aromatic amines is 1. The second-order valence-electron chi connectivity index (χ2n) is 9.30. The number of imidazole rings is 1. The SMILES string of the molecule is CCOc1cc(CC)cc(C(Nc2ccc3c(N)nccc3c2)c2ncc(-c3ccccc3C(=O)NC)[nH]2)c1F. The molecule has 204 valence electrons. The third kappa shape index (κ3) is 5.18. The molecule has 8 nitrogen and oxygen atoms in total. The zero-order valence-corrected chi connectivity index (χ0v) is 22.6. The van der Waals surface area contributed by atoms with Crippen LogP contribution in [0.1, 0.15) is 47.2 Å². The molecule has 0 radical (unpaired) electrons. The number of hydrogen-bond acceptors (Lipinski definition) is 6. The van der Waals surface area contributed by atoms with Crippen molar-refractivity contribution < 1.29 is 13.9 Å². The number of hydrogen-bond donors (Lipinski definition) is 4. The van der Waals surface area contributed by atoms with Crippen molar-refractivity contribution in [2.45, 2.75) is 26.3 Å². The van der Waals surface area contributed by atoms with E-state index in [1.165, 1.54) is 0 Å². The zero-order chi connectivity index (χ0) is 28.2. The Kier molecular flexibility index (Phi) is 7.63. The van der Waals surface area contributed by atoms with Crippen LogP contribution in [0.4, 0.5) is 15.9 Å². The second-order valence-corrected chi connectivity index (χ2v) is 9.30. The second kappa shape index (κ2) is 11.4. The van der Waals surface area contributed by atoms with Gasteiger partial charge in [0.25, 0.3) is 5.91 Å². The summed E-state index contributed by atoms with van der Waals surface area (Å²) in [6, 6.07) is 17.7.